The van der Waals surface area contributed by atoms with E-state index < -0.39 is 0 Å². The minimum absolute atomic E-state index is 0.743. The number of nitrogens with one attached hydrogen (secondary N) is 1. The molecule has 66 valence electrons. The van der Waals surface area contributed by atoms with Crippen molar-refractivity contribution < 1.29 is 0 Å². The molecule has 12 heavy (non-hydrogen) atoms. The van der Waals surface area contributed by atoms with Gasteiger partial charge in [-0.1, -0.05) is 12.1 Å². The lowest BCUT2D eigenvalue weighted by atomic mass is 10.0. The standard InChI is InChI=1S/C10H16N2/c1-7-4-9(3)10(6-12-11)5-8(7)2/h4-5,12H,6,11H2,1-3H3. The Labute approximate surface area is 73.8 Å². The zero-order valence-corrected chi connectivity index (χ0v) is 7.94. The summed E-state index contributed by atoms with van der Waals surface area (Å²) in [5, 5.41) is 0. The molecule has 0 aliphatic heterocycles. The number of hydrogen-bond donors (Lipinski definition) is 2. The summed E-state index contributed by atoms with van der Waals surface area (Å²) >= 11 is 0. The Morgan fingerprint density at radius 1 is 1.08 bits per heavy atom. The zero-order valence-electron chi connectivity index (χ0n) is 7.94. The second-order valence-corrected chi connectivity index (χ2v) is 3.24. The molecule has 0 bridgehead atoms. The summed E-state index contributed by atoms with van der Waals surface area (Å²) in [6.45, 7) is 7.10. The molecule has 2 nitrogen and oxygen atoms in total. The van der Waals surface area contributed by atoms with E-state index >= 15 is 0 Å². The third kappa shape index (κ3) is 1.84. The molecule has 1 rings (SSSR count). The molecular formula is C10H16N2. The van der Waals surface area contributed by atoms with Gasteiger partial charge in [-0.05, 0) is 43.0 Å². The molecule has 2 heteroatoms. The smallest absolute Gasteiger partial charge is 0.0351 e. The van der Waals surface area contributed by atoms with E-state index in [0.717, 1.165) is 6.54 Å². The van der Waals surface area contributed by atoms with Gasteiger partial charge in [0.05, 0.1) is 0 Å². The fourth-order valence-corrected chi connectivity index (χ4v) is 1.32. The van der Waals surface area contributed by atoms with Gasteiger partial charge >= 0.3 is 0 Å². The van der Waals surface area contributed by atoms with Crippen LogP contribution in [0.25, 0.3) is 0 Å². The van der Waals surface area contributed by atoms with Crippen molar-refractivity contribution in [2.24, 2.45) is 5.84 Å². The minimum Gasteiger partial charge on any atom is -0.271 e. The van der Waals surface area contributed by atoms with Crippen LogP contribution in [0, 0.1) is 20.8 Å². The first-order chi connectivity index (χ1) is 5.65. The van der Waals surface area contributed by atoms with Gasteiger partial charge in [0.15, 0.2) is 0 Å². The van der Waals surface area contributed by atoms with Gasteiger partial charge in [-0.2, -0.15) is 0 Å². The largest absolute Gasteiger partial charge is 0.271 e. The van der Waals surface area contributed by atoms with Crippen LogP contribution in [0.15, 0.2) is 12.1 Å². The third-order valence-electron chi connectivity index (χ3n) is 2.24. The summed E-state index contributed by atoms with van der Waals surface area (Å²) in [4.78, 5) is 0. The van der Waals surface area contributed by atoms with Gasteiger partial charge in [0.2, 0.25) is 0 Å². The van der Waals surface area contributed by atoms with Crippen LogP contribution in [0.1, 0.15) is 22.3 Å². The lowest BCUT2D eigenvalue weighted by Gasteiger charge is -2.08. The molecule has 3 N–H and O–H groups in total. The molecule has 0 saturated carbocycles. The predicted octanol–water partition coefficient (Wildman–Crippen LogP) is 1.58. The van der Waals surface area contributed by atoms with E-state index in [4.69, 9.17) is 5.84 Å². The molecule has 0 heterocycles. The molecular weight excluding hydrogens is 148 g/mol. The van der Waals surface area contributed by atoms with Gasteiger partial charge in [0.25, 0.3) is 0 Å². The lowest BCUT2D eigenvalue weighted by Crippen LogP contribution is -2.21. The Morgan fingerprint density at radius 2 is 1.67 bits per heavy atom. The highest BCUT2D eigenvalue weighted by atomic mass is 15.2. The van der Waals surface area contributed by atoms with Crippen LogP contribution >= 0.6 is 0 Å². The first-order valence-electron chi connectivity index (χ1n) is 4.15. The maximum absolute atomic E-state index is 5.27. The number of hydrazine groups is 1. The number of nitrogens with two attached hydrogens (primary N) is 1. The Morgan fingerprint density at radius 3 is 2.25 bits per heavy atom. The van der Waals surface area contributed by atoms with Gasteiger partial charge in [-0.15, -0.1) is 0 Å². The molecule has 0 fully saturated rings. The van der Waals surface area contributed by atoms with E-state index in [1.165, 1.54) is 22.3 Å². The Balaban J connectivity index is 3.05. The van der Waals surface area contributed by atoms with Crippen LogP contribution in [0.2, 0.25) is 0 Å². The molecule has 0 aliphatic carbocycles. The molecule has 0 amide bonds. The van der Waals surface area contributed by atoms with Crippen molar-refractivity contribution in [1.29, 1.82) is 0 Å². The quantitative estimate of drug-likeness (QED) is 0.514. The first-order valence-corrected chi connectivity index (χ1v) is 4.15. The molecule has 0 unspecified atom stereocenters. The number of aryl methyl sites for hydroxylation is 3. The van der Waals surface area contributed by atoms with Crippen molar-refractivity contribution in [2.45, 2.75) is 27.3 Å². The zero-order chi connectivity index (χ0) is 9.14. The minimum atomic E-state index is 0.743. The molecule has 0 atom stereocenters. The van der Waals surface area contributed by atoms with E-state index in [1.807, 2.05) is 0 Å². The Hall–Kier alpha value is -0.860. The van der Waals surface area contributed by atoms with Crippen molar-refractivity contribution in [2.75, 3.05) is 0 Å². The molecule has 1 aromatic rings. The molecule has 0 aromatic heterocycles. The second-order valence-electron chi connectivity index (χ2n) is 3.24. The highest BCUT2D eigenvalue weighted by Gasteiger charge is 1.99. The van der Waals surface area contributed by atoms with Crippen molar-refractivity contribution in [3.05, 3.63) is 34.4 Å². The summed E-state index contributed by atoms with van der Waals surface area (Å²) in [7, 11) is 0. The summed E-state index contributed by atoms with van der Waals surface area (Å²) in [5.74, 6) is 5.27. The van der Waals surface area contributed by atoms with Crippen LogP contribution in [0.4, 0.5) is 0 Å². The first kappa shape index (κ1) is 9.23. The predicted molar refractivity (Wildman–Crippen MR) is 51.7 cm³/mol. The molecule has 0 radical (unpaired) electrons. The normalized spacial score (nSPS) is 10.3. The average Bonchev–Trinajstić information content (AvgIpc) is 2.01. The monoisotopic (exact) mass is 164 g/mol. The van der Waals surface area contributed by atoms with E-state index in [2.05, 4.69) is 38.3 Å². The van der Waals surface area contributed by atoms with E-state index in [1.54, 1.807) is 0 Å². The van der Waals surface area contributed by atoms with Gasteiger partial charge in [-0.3, -0.25) is 11.3 Å². The van der Waals surface area contributed by atoms with Crippen molar-refractivity contribution in [1.82, 2.24) is 5.43 Å². The maximum Gasteiger partial charge on any atom is 0.0351 e. The molecule has 0 saturated heterocycles. The summed E-state index contributed by atoms with van der Waals surface area (Å²) < 4.78 is 0. The topological polar surface area (TPSA) is 38.0 Å². The van der Waals surface area contributed by atoms with Gasteiger partial charge < -0.3 is 0 Å². The van der Waals surface area contributed by atoms with Gasteiger partial charge in [0.1, 0.15) is 0 Å². The van der Waals surface area contributed by atoms with Crippen LogP contribution in [0.3, 0.4) is 0 Å². The van der Waals surface area contributed by atoms with Crippen molar-refractivity contribution >= 4 is 0 Å². The molecule has 1 aromatic carbocycles. The lowest BCUT2D eigenvalue weighted by molar-refractivity contribution is 0.736. The summed E-state index contributed by atoms with van der Waals surface area (Å²) in [6, 6.07) is 4.38. The second kappa shape index (κ2) is 3.70. The summed E-state index contributed by atoms with van der Waals surface area (Å²) in [6.07, 6.45) is 0. The van der Waals surface area contributed by atoms with Crippen LogP contribution in [0.5, 0.6) is 0 Å². The van der Waals surface area contributed by atoms with E-state index in [9.17, 15) is 0 Å². The van der Waals surface area contributed by atoms with Gasteiger partial charge in [-0.25, -0.2) is 0 Å². The van der Waals surface area contributed by atoms with Crippen LogP contribution in [-0.2, 0) is 6.54 Å². The fraction of sp³-hybridized carbons (Fsp3) is 0.400. The fourth-order valence-electron chi connectivity index (χ4n) is 1.32. The highest BCUT2D eigenvalue weighted by molar-refractivity contribution is 5.36. The maximum atomic E-state index is 5.27. The van der Waals surface area contributed by atoms with Crippen molar-refractivity contribution in [3.63, 3.8) is 0 Å². The molecule has 0 aliphatic rings. The summed E-state index contributed by atoms with van der Waals surface area (Å²) in [5.41, 5.74) is 7.92. The molecule has 0 spiro atoms. The Bertz CT molecular complexity index is 279. The third-order valence-corrected chi connectivity index (χ3v) is 2.24. The average molecular weight is 164 g/mol. The highest BCUT2D eigenvalue weighted by Crippen LogP contribution is 2.14. The number of benzene rings is 1. The Kier molecular flexibility index (Phi) is 2.84. The van der Waals surface area contributed by atoms with Crippen LogP contribution < -0.4 is 11.3 Å². The number of hydrogen-bond acceptors (Lipinski definition) is 2. The van der Waals surface area contributed by atoms with E-state index in [0.29, 0.717) is 0 Å². The van der Waals surface area contributed by atoms with Crippen LogP contribution in [-0.4, -0.2) is 0 Å². The SMILES string of the molecule is Cc1cc(C)c(CNN)cc1C. The van der Waals surface area contributed by atoms with Crippen molar-refractivity contribution in [3.8, 4) is 0 Å². The van der Waals surface area contributed by atoms with Gasteiger partial charge in [0, 0.05) is 6.54 Å². The number of rotatable bonds is 2. The van der Waals surface area contributed by atoms with E-state index in [-0.39, 0.29) is 0 Å².